The maximum atomic E-state index is 9.89. The summed E-state index contributed by atoms with van der Waals surface area (Å²) in [5.41, 5.74) is 4.21. The van der Waals surface area contributed by atoms with E-state index in [-0.39, 0.29) is 63.3 Å². The van der Waals surface area contributed by atoms with Crippen LogP contribution in [0.2, 0.25) is 0 Å². The topological polar surface area (TPSA) is 11.4 Å². The number of para-hydroxylation sites is 4. The number of benzene rings is 10. The molecule has 0 saturated heterocycles. The van der Waals surface area contributed by atoms with E-state index in [1.54, 1.807) is 65.2 Å². The zero-order valence-corrected chi connectivity index (χ0v) is 34.4. The third kappa shape index (κ3) is 6.69. The monoisotopic (exact) mass is 852 g/mol. The molecule has 0 saturated carbocycles. The fraction of sp³-hybridized carbons (Fsp3) is 0. The molecule has 0 amide bonds. The van der Waals surface area contributed by atoms with Gasteiger partial charge in [-0.15, -0.1) is 11.3 Å². The van der Waals surface area contributed by atoms with E-state index in [4.69, 9.17) is 19.2 Å². The van der Waals surface area contributed by atoms with E-state index in [9.17, 15) is 4.11 Å². The highest BCUT2D eigenvalue weighted by Crippen LogP contribution is 2.44. The van der Waals surface area contributed by atoms with Crippen LogP contribution in [-0.4, -0.2) is 4.57 Å². The minimum Gasteiger partial charge on any atom is -0.310 e. The molecular formula is C60H41N3S. The predicted molar refractivity (Wildman–Crippen MR) is 274 cm³/mol. The van der Waals surface area contributed by atoms with Crippen LogP contribution >= 0.6 is 11.3 Å². The number of aromatic nitrogens is 1. The standard InChI is InChI=1S/C60H41N3S/c1-5-16-42(17-6-1)43-28-32-49(33-29-43)62(51-25-15-24-50(40-51)61(46-18-7-2-8-19-46)47-20-9-3-10-21-47)52-34-37-60-56(41-52)55-38-44(31-36-59(55)64-60)45-30-35-54-53-26-13-14-27-57(53)63(58(54)39-45)48-22-11-4-12-23-48/h1-41H/i2D,3D,7D,8D,9D,10D,13D,14D,18D,19D,20D,21D,26D,27D,30D,35D,39D. The average molecular weight is 853 g/mol. The first kappa shape index (κ1) is 23.9. The SMILES string of the molecule is [2H]c1c([2H])c([2H])c(N(c2cccc(N(c3ccc(-c4ccccc4)cc3)c3ccc4sc5ccc(-c6c([2H])c([2H])c7c8c([2H])c([2H])c([2H])c([2H])c8n(-c8ccccc8)c7c6[2H])cc5c4c3)c2)c2c([2H])c([2H])c([2H])c([2H])c2[2H])c([2H])c1[2H]. The lowest BCUT2D eigenvalue weighted by molar-refractivity contribution is 1.18. The molecule has 0 N–H and O–H groups in total. The molecule has 3 nitrogen and oxygen atoms in total. The summed E-state index contributed by atoms with van der Waals surface area (Å²) in [5.74, 6) is 0. The Morgan fingerprint density at radius 1 is 0.344 bits per heavy atom. The van der Waals surface area contributed by atoms with Crippen molar-refractivity contribution in [1.29, 1.82) is 0 Å². The first-order chi connectivity index (χ1) is 38.8. The quantitative estimate of drug-likeness (QED) is 0.143. The molecule has 0 unspecified atom stereocenters. The highest BCUT2D eigenvalue weighted by Gasteiger charge is 2.20. The Bertz CT molecular complexity index is 4500. The Balaban J connectivity index is 1.08. The van der Waals surface area contributed by atoms with Crippen LogP contribution in [0.3, 0.4) is 0 Å². The van der Waals surface area contributed by atoms with Gasteiger partial charge < -0.3 is 14.4 Å². The number of anilines is 6. The van der Waals surface area contributed by atoms with E-state index in [0.717, 1.165) is 36.2 Å². The fourth-order valence-corrected chi connectivity index (χ4v) is 9.35. The number of rotatable bonds is 9. The van der Waals surface area contributed by atoms with Gasteiger partial charge in [0, 0.05) is 70.8 Å². The van der Waals surface area contributed by atoms with Crippen molar-refractivity contribution >= 4 is 87.4 Å². The Kier molecular flexibility index (Phi) is 5.95. The van der Waals surface area contributed by atoms with Crippen LogP contribution in [0.4, 0.5) is 34.1 Å². The van der Waals surface area contributed by atoms with Gasteiger partial charge in [0.25, 0.3) is 0 Å². The first-order valence-electron chi connectivity index (χ1n) is 28.9. The molecule has 2 aromatic heterocycles. The summed E-state index contributed by atoms with van der Waals surface area (Å²) >= 11 is 1.52. The van der Waals surface area contributed by atoms with Gasteiger partial charge in [0.2, 0.25) is 0 Å². The van der Waals surface area contributed by atoms with E-state index < -0.39 is 83.9 Å². The third-order valence-corrected chi connectivity index (χ3v) is 12.3. The number of hydrogen-bond acceptors (Lipinski definition) is 3. The van der Waals surface area contributed by atoms with E-state index in [0.29, 0.717) is 28.3 Å². The van der Waals surface area contributed by atoms with Gasteiger partial charge >= 0.3 is 0 Å². The van der Waals surface area contributed by atoms with Crippen molar-refractivity contribution in [2.24, 2.45) is 0 Å². The smallest absolute Gasteiger partial charge is 0.0652 e. The van der Waals surface area contributed by atoms with Crippen LogP contribution in [0.5, 0.6) is 0 Å². The molecule has 12 rings (SSSR count). The lowest BCUT2D eigenvalue weighted by atomic mass is 10.0. The first-order valence-corrected chi connectivity index (χ1v) is 21.2. The van der Waals surface area contributed by atoms with Crippen molar-refractivity contribution in [2.45, 2.75) is 0 Å². The predicted octanol–water partition coefficient (Wildman–Crippen LogP) is 17.4. The Labute approximate surface area is 400 Å². The van der Waals surface area contributed by atoms with Crippen LogP contribution in [0.25, 0.3) is 69.9 Å². The van der Waals surface area contributed by atoms with Crippen molar-refractivity contribution in [3.8, 4) is 27.9 Å². The van der Waals surface area contributed by atoms with E-state index >= 15 is 0 Å². The number of nitrogens with zero attached hydrogens (tertiary/aromatic N) is 3. The molecule has 64 heavy (non-hydrogen) atoms. The summed E-state index contributed by atoms with van der Waals surface area (Å²) in [6, 6.07) is 35.4. The molecule has 4 heteroatoms. The maximum absolute atomic E-state index is 9.89. The van der Waals surface area contributed by atoms with Crippen LogP contribution in [0, 0.1) is 0 Å². The minimum atomic E-state index is -0.690. The van der Waals surface area contributed by atoms with Gasteiger partial charge in [-0.2, -0.15) is 0 Å². The van der Waals surface area contributed by atoms with E-state index in [1.807, 2.05) is 89.8 Å². The van der Waals surface area contributed by atoms with Crippen LogP contribution in [0.15, 0.2) is 248 Å². The third-order valence-electron chi connectivity index (χ3n) is 11.2. The highest BCUT2D eigenvalue weighted by molar-refractivity contribution is 7.25. The molecule has 302 valence electrons. The molecule has 12 aromatic rings. The van der Waals surface area contributed by atoms with Crippen molar-refractivity contribution in [1.82, 2.24) is 4.57 Å². The second kappa shape index (κ2) is 15.9. The summed E-state index contributed by atoms with van der Waals surface area (Å²) in [5, 5.41) is 1.65. The maximum Gasteiger partial charge on any atom is 0.0652 e. The second-order valence-electron chi connectivity index (χ2n) is 14.9. The zero-order chi connectivity index (χ0) is 57.2. The van der Waals surface area contributed by atoms with Gasteiger partial charge in [-0.05, 0) is 131 Å². The summed E-state index contributed by atoms with van der Waals surface area (Å²) in [7, 11) is 0. The number of hydrogen-bond donors (Lipinski definition) is 0. The normalized spacial score (nSPS) is 15.2. The molecule has 2 heterocycles. The summed E-state index contributed by atoms with van der Waals surface area (Å²) in [6.45, 7) is 0. The van der Waals surface area contributed by atoms with Crippen LogP contribution in [-0.2, 0) is 0 Å². The van der Waals surface area contributed by atoms with Gasteiger partial charge in [0.1, 0.15) is 0 Å². The Morgan fingerprint density at radius 2 is 0.891 bits per heavy atom. The summed E-state index contributed by atoms with van der Waals surface area (Å²) in [4.78, 5) is 3.06. The fourth-order valence-electron chi connectivity index (χ4n) is 8.28. The molecule has 0 aliphatic heterocycles. The van der Waals surface area contributed by atoms with Crippen molar-refractivity contribution < 1.29 is 23.3 Å². The second-order valence-corrected chi connectivity index (χ2v) is 16.0. The molecule has 0 radical (unpaired) electrons. The van der Waals surface area contributed by atoms with Gasteiger partial charge in [-0.3, -0.25) is 0 Å². The molecule has 0 spiro atoms. The summed E-state index contributed by atoms with van der Waals surface area (Å²) < 4.78 is 155. The highest BCUT2D eigenvalue weighted by atomic mass is 32.1. The molecular weight excluding hydrogens is 795 g/mol. The summed E-state index contributed by atoms with van der Waals surface area (Å²) in [6.07, 6.45) is 0. The van der Waals surface area contributed by atoms with Gasteiger partial charge in [-0.25, -0.2) is 0 Å². The largest absolute Gasteiger partial charge is 0.310 e. The zero-order valence-electron chi connectivity index (χ0n) is 50.6. The number of fused-ring (bicyclic) bond motifs is 6. The molecule has 10 aromatic carbocycles. The average Bonchev–Trinajstić information content (AvgIpc) is 4.24. The van der Waals surface area contributed by atoms with Crippen molar-refractivity contribution in [2.75, 3.05) is 9.80 Å². The Morgan fingerprint density at radius 3 is 1.61 bits per heavy atom. The van der Waals surface area contributed by atoms with E-state index in [1.165, 1.54) is 11.3 Å². The Hall–Kier alpha value is -8.18. The van der Waals surface area contributed by atoms with Crippen molar-refractivity contribution in [3.63, 3.8) is 0 Å². The molecule has 0 bridgehead atoms. The number of thiophene rings is 1. The molecule has 0 aliphatic carbocycles. The van der Waals surface area contributed by atoms with E-state index in [2.05, 4.69) is 0 Å². The molecule has 0 atom stereocenters. The molecule has 0 fully saturated rings. The van der Waals surface area contributed by atoms with Crippen LogP contribution in [0.1, 0.15) is 23.3 Å². The lowest BCUT2D eigenvalue weighted by Gasteiger charge is -2.29. The van der Waals surface area contributed by atoms with Gasteiger partial charge in [0.05, 0.1) is 34.3 Å². The lowest BCUT2D eigenvalue weighted by Crippen LogP contribution is -2.13. The van der Waals surface area contributed by atoms with Gasteiger partial charge in [0.15, 0.2) is 0 Å². The molecule has 0 aliphatic rings. The van der Waals surface area contributed by atoms with Gasteiger partial charge in [-0.1, -0.05) is 139 Å². The van der Waals surface area contributed by atoms with Crippen LogP contribution < -0.4 is 9.80 Å². The van der Waals surface area contributed by atoms with Crippen molar-refractivity contribution in [3.05, 3.63) is 248 Å². The minimum absolute atomic E-state index is 0.0471.